The van der Waals surface area contributed by atoms with E-state index in [1.54, 1.807) is 6.33 Å². The van der Waals surface area contributed by atoms with E-state index in [0.29, 0.717) is 6.04 Å². The average molecular weight is 250 g/mol. The minimum Gasteiger partial charge on any atom is -0.307 e. The van der Waals surface area contributed by atoms with Gasteiger partial charge in [0.05, 0.1) is 6.54 Å². The van der Waals surface area contributed by atoms with E-state index in [2.05, 4.69) is 29.2 Å². The molecule has 4 heteroatoms. The lowest BCUT2D eigenvalue weighted by atomic mass is 9.84. The van der Waals surface area contributed by atoms with Crippen molar-refractivity contribution in [3.63, 3.8) is 0 Å². The summed E-state index contributed by atoms with van der Waals surface area (Å²) in [6, 6.07) is 0.595. The van der Waals surface area contributed by atoms with Crippen LogP contribution in [0.3, 0.4) is 0 Å². The normalized spacial score (nSPS) is 19.0. The molecule has 1 aliphatic carbocycles. The topological polar surface area (TPSA) is 42.7 Å². The summed E-state index contributed by atoms with van der Waals surface area (Å²) < 4.78 is 2.01. The van der Waals surface area contributed by atoms with Gasteiger partial charge in [-0.05, 0) is 32.1 Å². The third-order valence-electron chi connectivity index (χ3n) is 4.07. The number of aryl methyl sites for hydroxylation is 1. The lowest BCUT2D eigenvalue weighted by Crippen LogP contribution is -2.35. The molecule has 1 atom stereocenters. The largest absolute Gasteiger partial charge is 0.307 e. The van der Waals surface area contributed by atoms with Gasteiger partial charge in [0.25, 0.3) is 0 Å². The van der Waals surface area contributed by atoms with E-state index in [-0.39, 0.29) is 0 Å². The highest BCUT2D eigenvalue weighted by molar-refractivity contribution is 4.86. The highest BCUT2D eigenvalue weighted by atomic mass is 15.3. The minimum absolute atomic E-state index is 0.595. The van der Waals surface area contributed by atoms with E-state index >= 15 is 0 Å². The summed E-state index contributed by atoms with van der Waals surface area (Å²) in [7, 11) is 0. The van der Waals surface area contributed by atoms with Crippen LogP contribution in [0, 0.1) is 5.92 Å². The molecule has 1 heterocycles. The first-order valence-electron chi connectivity index (χ1n) is 7.41. The zero-order valence-electron chi connectivity index (χ0n) is 11.7. The Morgan fingerprint density at radius 2 is 2.17 bits per heavy atom. The zero-order valence-corrected chi connectivity index (χ0v) is 11.7. The smallest absolute Gasteiger partial charge is 0.140 e. The van der Waals surface area contributed by atoms with Crippen LogP contribution in [0.4, 0.5) is 0 Å². The van der Waals surface area contributed by atoms with Crippen molar-refractivity contribution in [3.8, 4) is 0 Å². The van der Waals surface area contributed by atoms with Crippen molar-refractivity contribution >= 4 is 0 Å². The summed E-state index contributed by atoms with van der Waals surface area (Å²) in [5, 5.41) is 7.89. The maximum absolute atomic E-state index is 4.34. The van der Waals surface area contributed by atoms with E-state index in [4.69, 9.17) is 0 Å². The molecule has 0 amide bonds. The highest BCUT2D eigenvalue weighted by Gasteiger charge is 2.19. The standard InChI is InChI=1S/C14H26N4/c1-3-9-18-14(16-11-17-18)10-15-12(2)13-7-5-4-6-8-13/h11-13,15H,3-10H2,1-2H3. The Hall–Kier alpha value is -0.900. The molecule has 4 nitrogen and oxygen atoms in total. The van der Waals surface area contributed by atoms with E-state index < -0.39 is 0 Å². The van der Waals surface area contributed by atoms with Gasteiger partial charge in [0.2, 0.25) is 0 Å². The monoisotopic (exact) mass is 250 g/mol. The van der Waals surface area contributed by atoms with Crippen molar-refractivity contribution in [3.05, 3.63) is 12.2 Å². The van der Waals surface area contributed by atoms with Crippen LogP contribution in [0.1, 0.15) is 58.2 Å². The molecule has 0 aromatic carbocycles. The van der Waals surface area contributed by atoms with Crippen molar-refractivity contribution in [2.75, 3.05) is 0 Å². The van der Waals surface area contributed by atoms with Gasteiger partial charge in [0, 0.05) is 12.6 Å². The van der Waals surface area contributed by atoms with Crippen LogP contribution in [-0.2, 0) is 13.1 Å². The SMILES string of the molecule is CCCn1ncnc1CNC(C)C1CCCCC1. The van der Waals surface area contributed by atoms with Gasteiger partial charge >= 0.3 is 0 Å². The Morgan fingerprint density at radius 1 is 1.39 bits per heavy atom. The molecule has 0 aliphatic heterocycles. The highest BCUT2D eigenvalue weighted by Crippen LogP contribution is 2.26. The van der Waals surface area contributed by atoms with Crippen LogP contribution in [0.15, 0.2) is 6.33 Å². The molecule has 1 aromatic heterocycles. The second-order valence-corrected chi connectivity index (χ2v) is 5.47. The maximum atomic E-state index is 4.34. The van der Waals surface area contributed by atoms with Gasteiger partial charge in [-0.1, -0.05) is 26.2 Å². The van der Waals surface area contributed by atoms with E-state index in [1.807, 2.05) is 4.68 Å². The first-order chi connectivity index (χ1) is 8.81. The van der Waals surface area contributed by atoms with Gasteiger partial charge in [0.1, 0.15) is 12.2 Å². The first kappa shape index (κ1) is 13.5. The number of aromatic nitrogens is 3. The van der Waals surface area contributed by atoms with Gasteiger partial charge in [-0.3, -0.25) is 0 Å². The summed E-state index contributed by atoms with van der Waals surface area (Å²) in [6.45, 7) is 6.30. The fraction of sp³-hybridized carbons (Fsp3) is 0.857. The Labute approximate surface area is 110 Å². The molecule has 18 heavy (non-hydrogen) atoms. The van der Waals surface area contributed by atoms with E-state index in [9.17, 15) is 0 Å². The van der Waals surface area contributed by atoms with Gasteiger partial charge < -0.3 is 5.32 Å². The Morgan fingerprint density at radius 3 is 2.89 bits per heavy atom. The number of hydrogen-bond acceptors (Lipinski definition) is 3. The van der Waals surface area contributed by atoms with Crippen LogP contribution < -0.4 is 5.32 Å². The third kappa shape index (κ3) is 3.55. The van der Waals surface area contributed by atoms with Gasteiger partial charge in [-0.2, -0.15) is 5.10 Å². The number of nitrogens with one attached hydrogen (secondary N) is 1. The van der Waals surface area contributed by atoms with Crippen molar-refractivity contribution < 1.29 is 0 Å². The molecule has 1 saturated carbocycles. The lowest BCUT2D eigenvalue weighted by molar-refractivity contribution is 0.278. The summed E-state index contributed by atoms with van der Waals surface area (Å²) >= 11 is 0. The van der Waals surface area contributed by atoms with E-state index in [0.717, 1.165) is 31.3 Å². The summed E-state index contributed by atoms with van der Waals surface area (Å²) in [5.74, 6) is 1.92. The zero-order chi connectivity index (χ0) is 12.8. The molecule has 1 aromatic rings. The van der Waals surface area contributed by atoms with Crippen molar-refractivity contribution in [2.45, 2.75) is 71.5 Å². The lowest BCUT2D eigenvalue weighted by Gasteiger charge is -2.28. The van der Waals surface area contributed by atoms with Crippen molar-refractivity contribution in [2.24, 2.45) is 5.92 Å². The van der Waals surface area contributed by atoms with E-state index in [1.165, 1.54) is 32.1 Å². The molecule has 2 rings (SSSR count). The van der Waals surface area contributed by atoms with Crippen LogP contribution in [0.25, 0.3) is 0 Å². The quantitative estimate of drug-likeness (QED) is 0.844. The van der Waals surface area contributed by atoms with Crippen LogP contribution in [0.2, 0.25) is 0 Å². The molecule has 0 radical (unpaired) electrons. The summed E-state index contributed by atoms with van der Waals surface area (Å²) in [4.78, 5) is 4.34. The summed E-state index contributed by atoms with van der Waals surface area (Å²) in [5.41, 5.74) is 0. The summed E-state index contributed by atoms with van der Waals surface area (Å²) in [6.07, 6.45) is 9.78. The Bertz CT molecular complexity index is 341. The first-order valence-corrected chi connectivity index (χ1v) is 7.41. The maximum Gasteiger partial charge on any atom is 0.140 e. The fourth-order valence-corrected chi connectivity index (χ4v) is 2.88. The second kappa shape index (κ2) is 6.88. The molecule has 0 saturated heterocycles. The van der Waals surface area contributed by atoms with Gasteiger partial charge in [-0.25, -0.2) is 9.67 Å². The second-order valence-electron chi connectivity index (χ2n) is 5.47. The average Bonchev–Trinajstić information content (AvgIpc) is 2.85. The molecule has 1 aliphatic rings. The van der Waals surface area contributed by atoms with Gasteiger partial charge in [-0.15, -0.1) is 0 Å². The number of hydrogen-bond donors (Lipinski definition) is 1. The number of rotatable bonds is 6. The Kier molecular flexibility index (Phi) is 5.17. The Balaban J connectivity index is 1.80. The minimum atomic E-state index is 0.595. The molecule has 102 valence electrons. The van der Waals surface area contributed by atoms with Crippen molar-refractivity contribution in [1.29, 1.82) is 0 Å². The molecule has 1 N–H and O–H groups in total. The predicted molar refractivity (Wildman–Crippen MR) is 73.2 cm³/mol. The molecule has 1 unspecified atom stereocenters. The number of nitrogens with zero attached hydrogens (tertiary/aromatic N) is 3. The predicted octanol–water partition coefficient (Wildman–Crippen LogP) is 2.75. The van der Waals surface area contributed by atoms with Crippen LogP contribution >= 0.6 is 0 Å². The van der Waals surface area contributed by atoms with Crippen LogP contribution in [0.5, 0.6) is 0 Å². The molecular weight excluding hydrogens is 224 g/mol. The third-order valence-corrected chi connectivity index (χ3v) is 4.07. The van der Waals surface area contributed by atoms with Crippen molar-refractivity contribution in [1.82, 2.24) is 20.1 Å². The van der Waals surface area contributed by atoms with Gasteiger partial charge in [0.15, 0.2) is 0 Å². The molecule has 1 fully saturated rings. The molecule has 0 bridgehead atoms. The molecular formula is C14H26N4. The van der Waals surface area contributed by atoms with Crippen LogP contribution in [-0.4, -0.2) is 20.8 Å². The fourth-order valence-electron chi connectivity index (χ4n) is 2.88. The molecule has 0 spiro atoms.